The molecular formula is C13H23NO3S. The van der Waals surface area contributed by atoms with Crippen molar-refractivity contribution in [2.45, 2.75) is 33.6 Å². The lowest BCUT2D eigenvalue weighted by Gasteiger charge is -2.25. The van der Waals surface area contributed by atoms with E-state index in [1.54, 1.807) is 11.8 Å². The first-order chi connectivity index (χ1) is 8.43. The lowest BCUT2D eigenvalue weighted by Crippen LogP contribution is -2.38. The van der Waals surface area contributed by atoms with Crippen LogP contribution in [0, 0.1) is 11.3 Å². The van der Waals surface area contributed by atoms with Crippen molar-refractivity contribution in [2.24, 2.45) is 11.3 Å². The maximum absolute atomic E-state index is 12.3. The molecule has 0 saturated carbocycles. The van der Waals surface area contributed by atoms with Crippen LogP contribution in [0.25, 0.3) is 0 Å². The van der Waals surface area contributed by atoms with Crippen LogP contribution < -0.4 is 0 Å². The number of rotatable bonds is 7. The van der Waals surface area contributed by atoms with Crippen LogP contribution in [0.15, 0.2) is 0 Å². The van der Waals surface area contributed by atoms with Crippen LogP contribution in [-0.2, 0) is 9.59 Å². The Morgan fingerprint density at radius 3 is 2.56 bits per heavy atom. The Hall–Kier alpha value is -0.550. The number of amides is 2. The molecule has 1 fully saturated rings. The van der Waals surface area contributed by atoms with Crippen LogP contribution in [0.2, 0.25) is 0 Å². The molecule has 5 heteroatoms. The predicted octanol–water partition coefficient (Wildman–Crippen LogP) is 1.52. The fraction of sp³-hybridized carbons (Fsp3) is 0.846. The van der Waals surface area contributed by atoms with Gasteiger partial charge in [-0.05, 0) is 25.0 Å². The zero-order valence-electron chi connectivity index (χ0n) is 11.4. The number of imide groups is 1. The third-order valence-corrected chi connectivity index (χ3v) is 4.78. The molecule has 1 saturated heterocycles. The summed E-state index contributed by atoms with van der Waals surface area (Å²) in [5.41, 5.74) is -0.521. The standard InChI is InChI=1S/C13H23NO3S/c1-10(2)13(3)9-11(16)14(12(13)17)5-8-18-7-4-6-15/h10,15H,4-9H2,1-3H3. The smallest absolute Gasteiger partial charge is 0.235 e. The van der Waals surface area contributed by atoms with Crippen molar-refractivity contribution in [3.8, 4) is 0 Å². The van der Waals surface area contributed by atoms with Crippen LogP contribution in [0.3, 0.4) is 0 Å². The minimum Gasteiger partial charge on any atom is -0.396 e. The summed E-state index contributed by atoms with van der Waals surface area (Å²) in [7, 11) is 0. The Balaban J connectivity index is 2.47. The van der Waals surface area contributed by atoms with Gasteiger partial charge in [-0.1, -0.05) is 13.8 Å². The van der Waals surface area contributed by atoms with Gasteiger partial charge >= 0.3 is 0 Å². The maximum Gasteiger partial charge on any atom is 0.235 e. The highest BCUT2D eigenvalue weighted by atomic mass is 32.2. The molecule has 0 aromatic heterocycles. The number of hydrogen-bond acceptors (Lipinski definition) is 4. The van der Waals surface area contributed by atoms with E-state index in [1.165, 1.54) is 4.90 Å². The van der Waals surface area contributed by atoms with Crippen molar-refractivity contribution in [3.63, 3.8) is 0 Å². The molecule has 18 heavy (non-hydrogen) atoms. The van der Waals surface area contributed by atoms with Gasteiger partial charge in [-0.25, -0.2) is 0 Å². The van der Waals surface area contributed by atoms with E-state index in [0.717, 1.165) is 17.9 Å². The van der Waals surface area contributed by atoms with Gasteiger partial charge in [0.25, 0.3) is 0 Å². The average molecular weight is 273 g/mol. The van der Waals surface area contributed by atoms with Gasteiger partial charge < -0.3 is 5.11 Å². The van der Waals surface area contributed by atoms with Crippen LogP contribution in [-0.4, -0.2) is 46.5 Å². The lowest BCUT2D eigenvalue weighted by atomic mass is 9.78. The Labute approximate surface area is 113 Å². The average Bonchev–Trinajstić information content (AvgIpc) is 2.53. The van der Waals surface area contributed by atoms with E-state index >= 15 is 0 Å². The van der Waals surface area contributed by atoms with E-state index < -0.39 is 5.41 Å². The number of aliphatic hydroxyl groups is 1. The molecule has 1 N–H and O–H groups in total. The molecule has 104 valence electrons. The van der Waals surface area contributed by atoms with Crippen LogP contribution in [0.1, 0.15) is 33.6 Å². The van der Waals surface area contributed by atoms with E-state index in [0.29, 0.717) is 13.0 Å². The minimum absolute atomic E-state index is 0.0229. The highest BCUT2D eigenvalue weighted by Crippen LogP contribution is 2.39. The third kappa shape index (κ3) is 3.26. The second kappa shape index (κ2) is 6.57. The molecule has 1 atom stereocenters. The van der Waals surface area contributed by atoms with Crippen molar-refractivity contribution < 1.29 is 14.7 Å². The molecule has 0 spiro atoms. The first kappa shape index (κ1) is 15.5. The minimum atomic E-state index is -0.521. The summed E-state index contributed by atoms with van der Waals surface area (Å²) in [6.07, 6.45) is 1.10. The van der Waals surface area contributed by atoms with E-state index in [-0.39, 0.29) is 24.3 Å². The molecule has 0 radical (unpaired) electrons. The molecule has 1 heterocycles. The van der Waals surface area contributed by atoms with Gasteiger partial charge in [-0.15, -0.1) is 0 Å². The van der Waals surface area contributed by atoms with Crippen molar-refractivity contribution in [2.75, 3.05) is 24.7 Å². The van der Waals surface area contributed by atoms with Crippen LogP contribution in [0.5, 0.6) is 0 Å². The lowest BCUT2D eigenvalue weighted by molar-refractivity contribution is -0.141. The monoisotopic (exact) mass is 273 g/mol. The fourth-order valence-electron chi connectivity index (χ4n) is 2.01. The Kier molecular flexibility index (Phi) is 5.66. The highest BCUT2D eigenvalue weighted by molar-refractivity contribution is 7.99. The summed E-state index contributed by atoms with van der Waals surface area (Å²) < 4.78 is 0. The van der Waals surface area contributed by atoms with Gasteiger partial charge in [-0.2, -0.15) is 11.8 Å². The summed E-state index contributed by atoms with van der Waals surface area (Å²) >= 11 is 1.67. The maximum atomic E-state index is 12.3. The number of likely N-dealkylation sites (tertiary alicyclic amines) is 1. The van der Waals surface area contributed by atoms with Gasteiger partial charge in [0.2, 0.25) is 11.8 Å². The van der Waals surface area contributed by atoms with Crippen LogP contribution >= 0.6 is 11.8 Å². The number of carbonyl (C=O) groups is 2. The van der Waals surface area contributed by atoms with Crippen molar-refractivity contribution >= 4 is 23.6 Å². The SMILES string of the molecule is CC(C)C1(C)CC(=O)N(CCSCCCO)C1=O. The highest BCUT2D eigenvalue weighted by Gasteiger charge is 2.49. The second-order valence-corrected chi connectivity index (χ2v) is 6.51. The Bertz CT molecular complexity index is 319. The molecule has 0 aliphatic carbocycles. The van der Waals surface area contributed by atoms with E-state index in [1.807, 2.05) is 20.8 Å². The second-order valence-electron chi connectivity index (χ2n) is 5.29. The van der Waals surface area contributed by atoms with Gasteiger partial charge in [0, 0.05) is 25.3 Å². The van der Waals surface area contributed by atoms with Crippen LogP contribution in [0.4, 0.5) is 0 Å². The molecular weight excluding hydrogens is 250 g/mol. The quantitative estimate of drug-likeness (QED) is 0.564. The summed E-state index contributed by atoms with van der Waals surface area (Å²) in [4.78, 5) is 25.5. The molecule has 0 aromatic carbocycles. The first-order valence-electron chi connectivity index (χ1n) is 6.47. The first-order valence-corrected chi connectivity index (χ1v) is 7.62. The number of nitrogens with zero attached hydrogens (tertiary/aromatic N) is 1. The summed E-state index contributed by atoms with van der Waals surface area (Å²) in [5.74, 6) is 1.74. The predicted molar refractivity (Wildman–Crippen MR) is 73.3 cm³/mol. The largest absolute Gasteiger partial charge is 0.396 e. The van der Waals surface area contributed by atoms with Gasteiger partial charge in [0.15, 0.2) is 0 Å². The molecule has 1 rings (SSSR count). The third-order valence-electron chi connectivity index (χ3n) is 3.73. The number of aliphatic hydroxyl groups excluding tert-OH is 1. The Morgan fingerprint density at radius 1 is 1.39 bits per heavy atom. The molecule has 4 nitrogen and oxygen atoms in total. The number of carbonyl (C=O) groups excluding carboxylic acids is 2. The van der Waals surface area contributed by atoms with Crippen molar-refractivity contribution in [1.82, 2.24) is 4.90 Å². The normalized spacial score (nSPS) is 24.4. The zero-order chi connectivity index (χ0) is 13.8. The summed E-state index contributed by atoms with van der Waals surface area (Å²) in [6, 6.07) is 0. The molecule has 2 amide bonds. The molecule has 0 aromatic rings. The molecule has 1 aliphatic rings. The number of thioether (sulfide) groups is 1. The van der Waals surface area contributed by atoms with Gasteiger partial charge in [-0.3, -0.25) is 14.5 Å². The zero-order valence-corrected chi connectivity index (χ0v) is 12.3. The van der Waals surface area contributed by atoms with E-state index in [4.69, 9.17) is 5.11 Å². The van der Waals surface area contributed by atoms with Gasteiger partial charge in [0.05, 0.1) is 5.41 Å². The molecule has 1 aliphatic heterocycles. The summed E-state index contributed by atoms with van der Waals surface area (Å²) in [5, 5.41) is 8.66. The fourth-order valence-corrected chi connectivity index (χ4v) is 2.86. The van der Waals surface area contributed by atoms with Crippen molar-refractivity contribution in [1.29, 1.82) is 0 Å². The van der Waals surface area contributed by atoms with E-state index in [2.05, 4.69) is 0 Å². The molecule has 0 bridgehead atoms. The van der Waals surface area contributed by atoms with Gasteiger partial charge in [0.1, 0.15) is 0 Å². The van der Waals surface area contributed by atoms with E-state index in [9.17, 15) is 9.59 Å². The van der Waals surface area contributed by atoms with Crippen molar-refractivity contribution in [3.05, 3.63) is 0 Å². The topological polar surface area (TPSA) is 57.6 Å². The Morgan fingerprint density at radius 2 is 2.06 bits per heavy atom. The summed E-state index contributed by atoms with van der Waals surface area (Å²) in [6.45, 7) is 6.56. The molecule has 1 unspecified atom stereocenters. The number of hydrogen-bond donors (Lipinski definition) is 1.